The molecule has 0 atom stereocenters. The van der Waals surface area contributed by atoms with E-state index in [1.165, 1.54) is 11.1 Å². The zero-order chi connectivity index (χ0) is 16.9. The highest BCUT2D eigenvalue weighted by molar-refractivity contribution is 6.30. The number of hydrogen-bond acceptors (Lipinski definition) is 2. The Hall–Kier alpha value is -2.06. The van der Waals surface area contributed by atoms with Crippen LogP contribution in [0.25, 0.3) is 6.08 Å². The average molecular weight is 340 g/mol. The van der Waals surface area contributed by atoms with Crippen molar-refractivity contribution < 1.29 is 4.74 Å². The average Bonchev–Trinajstić information content (AvgIpc) is 2.59. The van der Waals surface area contributed by atoms with Gasteiger partial charge in [0.15, 0.2) is 0 Å². The third-order valence-electron chi connectivity index (χ3n) is 3.90. The molecule has 0 N–H and O–H groups in total. The van der Waals surface area contributed by atoms with Gasteiger partial charge in [-0.05, 0) is 59.9 Å². The fourth-order valence-electron chi connectivity index (χ4n) is 2.65. The van der Waals surface area contributed by atoms with Crippen molar-refractivity contribution in [2.24, 2.45) is 10.9 Å². The van der Waals surface area contributed by atoms with E-state index >= 15 is 0 Å². The first-order valence-electron chi connectivity index (χ1n) is 8.36. The van der Waals surface area contributed by atoms with E-state index in [2.05, 4.69) is 43.1 Å². The van der Waals surface area contributed by atoms with Crippen molar-refractivity contribution in [3.8, 4) is 5.75 Å². The van der Waals surface area contributed by atoms with Crippen LogP contribution in [0.2, 0.25) is 5.02 Å². The number of halogens is 1. The molecule has 0 aliphatic carbocycles. The quantitative estimate of drug-likeness (QED) is 0.711. The summed E-state index contributed by atoms with van der Waals surface area (Å²) in [5.74, 6) is 1.48. The van der Waals surface area contributed by atoms with Gasteiger partial charge < -0.3 is 4.74 Å². The van der Waals surface area contributed by atoms with Crippen molar-refractivity contribution in [2.45, 2.75) is 20.3 Å². The van der Waals surface area contributed by atoms with Crippen molar-refractivity contribution in [3.05, 3.63) is 70.3 Å². The van der Waals surface area contributed by atoms with Crippen LogP contribution < -0.4 is 4.74 Å². The molecule has 1 aliphatic rings. The topological polar surface area (TPSA) is 21.6 Å². The lowest BCUT2D eigenvalue weighted by Gasteiger charge is -2.17. The summed E-state index contributed by atoms with van der Waals surface area (Å²) < 4.78 is 5.84. The summed E-state index contributed by atoms with van der Waals surface area (Å²) in [4.78, 5) is 4.67. The molecule has 3 heteroatoms. The lowest BCUT2D eigenvalue weighted by Crippen LogP contribution is -2.12. The zero-order valence-electron chi connectivity index (χ0n) is 14.1. The number of fused-ring (bicyclic) bond motifs is 1. The van der Waals surface area contributed by atoms with E-state index in [4.69, 9.17) is 16.3 Å². The van der Waals surface area contributed by atoms with Gasteiger partial charge in [-0.3, -0.25) is 4.99 Å². The maximum absolute atomic E-state index is 5.93. The molecule has 0 radical (unpaired) electrons. The first-order valence-corrected chi connectivity index (χ1v) is 8.74. The molecule has 2 aromatic carbocycles. The van der Waals surface area contributed by atoms with E-state index in [9.17, 15) is 0 Å². The molecule has 24 heavy (non-hydrogen) atoms. The molecular weight excluding hydrogens is 318 g/mol. The molecule has 3 rings (SSSR count). The third kappa shape index (κ3) is 4.27. The molecular formula is C21H22ClNO. The van der Waals surface area contributed by atoms with Crippen LogP contribution in [0, 0.1) is 5.92 Å². The molecule has 0 aromatic heterocycles. The maximum atomic E-state index is 5.93. The van der Waals surface area contributed by atoms with E-state index in [-0.39, 0.29) is 0 Å². The van der Waals surface area contributed by atoms with Crippen LogP contribution in [0.4, 0.5) is 0 Å². The number of rotatable bonds is 5. The highest BCUT2D eigenvalue weighted by Crippen LogP contribution is 2.23. The molecule has 0 saturated heterocycles. The summed E-state index contributed by atoms with van der Waals surface area (Å²) in [6.45, 7) is 5.88. The number of nitrogens with zero attached hydrogens (tertiary/aromatic N) is 1. The van der Waals surface area contributed by atoms with Crippen molar-refractivity contribution in [1.29, 1.82) is 0 Å². The van der Waals surface area contributed by atoms with Crippen LogP contribution in [-0.2, 0) is 6.42 Å². The predicted octanol–water partition coefficient (Wildman–Crippen LogP) is 5.43. The molecule has 0 bridgehead atoms. The van der Waals surface area contributed by atoms with E-state index in [1.54, 1.807) is 0 Å². The molecule has 1 heterocycles. The summed E-state index contributed by atoms with van der Waals surface area (Å²) >= 11 is 5.93. The van der Waals surface area contributed by atoms with Crippen LogP contribution in [0.3, 0.4) is 0 Å². The van der Waals surface area contributed by atoms with Gasteiger partial charge in [-0.15, -0.1) is 0 Å². The minimum atomic E-state index is 0.528. The van der Waals surface area contributed by atoms with Gasteiger partial charge in [-0.2, -0.15) is 0 Å². The highest BCUT2D eigenvalue weighted by Gasteiger charge is 2.13. The molecule has 0 fully saturated rings. The number of hydrogen-bond donors (Lipinski definition) is 0. The van der Waals surface area contributed by atoms with Crippen molar-refractivity contribution in [3.63, 3.8) is 0 Å². The standard InChI is InChI=1S/C21H22ClNO/c1-15(2)14-24-19-8-9-20-17(13-19)11-12-23-21(20)10-5-16-3-6-18(22)7-4-16/h3-10,13,15H,11-12,14H2,1-2H3/b10-5+. The second-order valence-corrected chi connectivity index (χ2v) is 6.86. The number of aliphatic imine (C=N–C) groups is 1. The van der Waals surface area contributed by atoms with Gasteiger partial charge in [0, 0.05) is 17.1 Å². The highest BCUT2D eigenvalue weighted by atomic mass is 35.5. The second-order valence-electron chi connectivity index (χ2n) is 6.43. The van der Waals surface area contributed by atoms with Crippen LogP contribution in [0.1, 0.15) is 30.5 Å². The molecule has 0 spiro atoms. The Balaban J connectivity index is 1.77. The van der Waals surface area contributed by atoms with Gasteiger partial charge in [0.2, 0.25) is 0 Å². The van der Waals surface area contributed by atoms with Crippen LogP contribution >= 0.6 is 11.6 Å². The summed E-state index contributed by atoms with van der Waals surface area (Å²) in [6, 6.07) is 14.1. The Morgan fingerprint density at radius 3 is 2.67 bits per heavy atom. The Labute approximate surface area is 148 Å². The largest absolute Gasteiger partial charge is 0.493 e. The zero-order valence-corrected chi connectivity index (χ0v) is 14.9. The number of ether oxygens (including phenoxy) is 1. The Morgan fingerprint density at radius 1 is 1.12 bits per heavy atom. The fraction of sp³-hybridized carbons (Fsp3) is 0.286. The third-order valence-corrected chi connectivity index (χ3v) is 4.15. The Kier molecular flexibility index (Phi) is 5.37. The molecule has 0 saturated carbocycles. The van der Waals surface area contributed by atoms with Crippen molar-refractivity contribution in [1.82, 2.24) is 0 Å². The maximum Gasteiger partial charge on any atom is 0.119 e. The Morgan fingerprint density at radius 2 is 1.92 bits per heavy atom. The van der Waals surface area contributed by atoms with Crippen LogP contribution in [0.15, 0.2) is 53.5 Å². The lowest BCUT2D eigenvalue weighted by atomic mass is 9.96. The summed E-state index contributed by atoms with van der Waals surface area (Å²) in [6.07, 6.45) is 5.12. The number of benzene rings is 2. The van der Waals surface area contributed by atoms with Gasteiger partial charge in [0.25, 0.3) is 0 Å². The summed E-state index contributed by atoms with van der Waals surface area (Å²) in [7, 11) is 0. The SMILES string of the molecule is CC(C)COc1ccc2c(c1)CCN=C2/C=C/c1ccc(Cl)cc1. The minimum absolute atomic E-state index is 0.528. The molecule has 1 aliphatic heterocycles. The first-order chi connectivity index (χ1) is 11.6. The lowest BCUT2D eigenvalue weighted by molar-refractivity contribution is 0.271. The smallest absolute Gasteiger partial charge is 0.119 e. The van der Waals surface area contributed by atoms with Gasteiger partial charge in [-0.25, -0.2) is 0 Å². The van der Waals surface area contributed by atoms with Gasteiger partial charge in [0.1, 0.15) is 5.75 Å². The van der Waals surface area contributed by atoms with Crippen LogP contribution in [-0.4, -0.2) is 18.9 Å². The fourth-order valence-corrected chi connectivity index (χ4v) is 2.78. The van der Waals surface area contributed by atoms with Gasteiger partial charge in [0.05, 0.1) is 12.3 Å². The molecule has 2 aromatic rings. The monoisotopic (exact) mass is 339 g/mol. The Bertz CT molecular complexity index is 760. The van der Waals surface area contributed by atoms with Crippen LogP contribution in [0.5, 0.6) is 5.75 Å². The van der Waals surface area contributed by atoms with Crippen molar-refractivity contribution >= 4 is 23.4 Å². The number of allylic oxidation sites excluding steroid dienone is 1. The van der Waals surface area contributed by atoms with Gasteiger partial charge in [-0.1, -0.05) is 43.7 Å². The van der Waals surface area contributed by atoms with Gasteiger partial charge >= 0.3 is 0 Å². The van der Waals surface area contributed by atoms with E-state index in [0.29, 0.717) is 5.92 Å². The summed E-state index contributed by atoms with van der Waals surface area (Å²) in [5.41, 5.74) is 4.65. The molecule has 2 nitrogen and oxygen atoms in total. The molecule has 124 valence electrons. The normalized spacial score (nSPS) is 13.9. The van der Waals surface area contributed by atoms with Crippen molar-refractivity contribution in [2.75, 3.05) is 13.2 Å². The predicted molar refractivity (Wildman–Crippen MR) is 102 cm³/mol. The first kappa shape index (κ1) is 16.8. The van der Waals surface area contributed by atoms with E-state index in [1.807, 2.05) is 30.3 Å². The molecule has 0 unspecified atom stereocenters. The summed E-state index contributed by atoms with van der Waals surface area (Å²) in [5, 5.41) is 0.751. The molecule has 0 amide bonds. The second kappa shape index (κ2) is 7.67. The van der Waals surface area contributed by atoms with E-state index in [0.717, 1.165) is 41.6 Å². The minimum Gasteiger partial charge on any atom is -0.493 e. The van der Waals surface area contributed by atoms with E-state index < -0.39 is 0 Å².